The second-order valence-corrected chi connectivity index (χ2v) is 7.12. The molecule has 0 fully saturated rings. The van der Waals surface area contributed by atoms with Crippen molar-refractivity contribution in [3.8, 4) is 0 Å². The molecule has 18 heavy (non-hydrogen) atoms. The fourth-order valence-corrected chi connectivity index (χ4v) is 2.34. The number of anilines is 1. The molecule has 6 nitrogen and oxygen atoms in total. The number of halogens is 1. The maximum absolute atomic E-state index is 11.1. The van der Waals surface area contributed by atoms with Crippen LogP contribution < -0.4 is 4.90 Å². The first kappa shape index (κ1) is 14.9. The first-order valence-corrected chi connectivity index (χ1v) is 7.89. The Hall–Kier alpha value is -1.15. The number of nitro benzene ring substituents is 1. The molecule has 0 radical (unpaired) electrons. The lowest BCUT2D eigenvalue weighted by Crippen LogP contribution is -2.25. The lowest BCUT2D eigenvalue weighted by atomic mass is 10.2. The lowest BCUT2D eigenvalue weighted by molar-refractivity contribution is -0.384. The smallest absolute Gasteiger partial charge is 0.293 e. The highest BCUT2D eigenvalue weighted by atomic mass is 79.9. The molecule has 0 spiro atoms. The highest BCUT2D eigenvalue weighted by Crippen LogP contribution is 2.30. The molecule has 0 heterocycles. The Labute approximate surface area is 114 Å². The number of hydrogen-bond acceptors (Lipinski definition) is 5. The highest BCUT2D eigenvalue weighted by molar-refractivity contribution is 9.10. The third-order valence-electron chi connectivity index (χ3n) is 2.34. The summed E-state index contributed by atoms with van der Waals surface area (Å²) in [5.74, 6) is -0.0449. The van der Waals surface area contributed by atoms with E-state index in [1.807, 2.05) is 0 Å². The number of nitro groups is 1. The average Bonchev–Trinajstić information content (AvgIpc) is 2.24. The van der Waals surface area contributed by atoms with Crippen LogP contribution in [0.4, 0.5) is 11.4 Å². The van der Waals surface area contributed by atoms with E-state index in [2.05, 4.69) is 15.9 Å². The summed E-state index contributed by atoms with van der Waals surface area (Å²) in [7, 11) is -1.46. The van der Waals surface area contributed by atoms with E-state index in [1.165, 1.54) is 6.07 Å². The third kappa shape index (κ3) is 4.26. The van der Waals surface area contributed by atoms with Crippen molar-refractivity contribution in [1.82, 2.24) is 0 Å². The molecule has 0 atom stereocenters. The molecule has 8 heteroatoms. The Morgan fingerprint density at radius 2 is 2.06 bits per heavy atom. The van der Waals surface area contributed by atoms with Crippen LogP contribution >= 0.6 is 15.9 Å². The van der Waals surface area contributed by atoms with Crippen molar-refractivity contribution in [1.29, 1.82) is 0 Å². The van der Waals surface area contributed by atoms with Crippen LogP contribution in [0.1, 0.15) is 0 Å². The van der Waals surface area contributed by atoms with Crippen LogP contribution in [0.3, 0.4) is 0 Å². The number of rotatable bonds is 5. The molecular formula is C10H13BrN2O4S. The van der Waals surface area contributed by atoms with Crippen LogP contribution in [0.15, 0.2) is 22.7 Å². The monoisotopic (exact) mass is 336 g/mol. The van der Waals surface area contributed by atoms with Gasteiger partial charge in [0.1, 0.15) is 15.5 Å². The summed E-state index contributed by atoms with van der Waals surface area (Å²) >= 11 is 3.17. The Bertz CT molecular complexity index is 559. The molecule has 0 unspecified atom stereocenters. The Kier molecular flexibility index (Phi) is 4.69. The molecule has 1 rings (SSSR count). The molecule has 0 aromatic heterocycles. The van der Waals surface area contributed by atoms with Gasteiger partial charge in [-0.25, -0.2) is 8.42 Å². The molecule has 100 valence electrons. The minimum atomic E-state index is -3.09. The normalized spacial score (nSPS) is 11.3. The minimum absolute atomic E-state index is 0.0449. The van der Waals surface area contributed by atoms with E-state index in [4.69, 9.17) is 0 Å². The van der Waals surface area contributed by atoms with Crippen molar-refractivity contribution >= 4 is 37.1 Å². The maximum atomic E-state index is 11.1. The van der Waals surface area contributed by atoms with Gasteiger partial charge in [0, 0.05) is 30.4 Å². The fourth-order valence-electron chi connectivity index (χ4n) is 1.39. The largest absolute Gasteiger partial charge is 0.368 e. The van der Waals surface area contributed by atoms with E-state index in [9.17, 15) is 18.5 Å². The molecule has 0 aliphatic heterocycles. The van der Waals surface area contributed by atoms with Crippen LogP contribution in [0.5, 0.6) is 0 Å². The van der Waals surface area contributed by atoms with Crippen molar-refractivity contribution in [2.24, 2.45) is 0 Å². The molecule has 0 amide bonds. The third-order valence-corrected chi connectivity index (χ3v) is 3.76. The van der Waals surface area contributed by atoms with Gasteiger partial charge < -0.3 is 4.90 Å². The summed E-state index contributed by atoms with van der Waals surface area (Å²) in [6.07, 6.45) is 1.14. The van der Waals surface area contributed by atoms with Gasteiger partial charge in [-0.1, -0.05) is 15.9 Å². The minimum Gasteiger partial charge on any atom is -0.368 e. The zero-order valence-electron chi connectivity index (χ0n) is 9.96. The standard InChI is InChI=1S/C10H13BrN2O4S/c1-12(5-6-18(2,16)17)9-4-3-8(11)7-10(9)13(14)15/h3-4,7H,5-6H2,1-2H3. The molecule has 1 aromatic rings. The second kappa shape index (κ2) is 5.66. The van der Waals surface area contributed by atoms with Gasteiger partial charge in [-0.15, -0.1) is 0 Å². The van der Waals surface area contributed by atoms with Crippen LogP contribution in [0, 0.1) is 10.1 Å². The van der Waals surface area contributed by atoms with Crippen molar-refractivity contribution in [3.63, 3.8) is 0 Å². The van der Waals surface area contributed by atoms with Crippen molar-refractivity contribution in [2.45, 2.75) is 0 Å². The van der Waals surface area contributed by atoms with Crippen molar-refractivity contribution in [2.75, 3.05) is 30.5 Å². The Morgan fingerprint density at radius 3 is 2.56 bits per heavy atom. The summed E-state index contributed by atoms with van der Waals surface area (Å²) in [5.41, 5.74) is 0.340. The molecule has 0 aliphatic rings. The van der Waals surface area contributed by atoms with Gasteiger partial charge in [-0.3, -0.25) is 10.1 Å². The van der Waals surface area contributed by atoms with Crippen LogP contribution in [-0.2, 0) is 9.84 Å². The quantitative estimate of drug-likeness (QED) is 0.605. The predicted molar refractivity (Wildman–Crippen MR) is 73.8 cm³/mol. The predicted octanol–water partition coefficient (Wildman–Crippen LogP) is 1.84. The highest BCUT2D eigenvalue weighted by Gasteiger charge is 2.18. The van der Waals surface area contributed by atoms with Gasteiger partial charge in [-0.2, -0.15) is 0 Å². The first-order valence-electron chi connectivity index (χ1n) is 5.03. The van der Waals surface area contributed by atoms with E-state index in [1.54, 1.807) is 24.1 Å². The Morgan fingerprint density at radius 1 is 1.44 bits per heavy atom. The summed E-state index contributed by atoms with van der Waals surface area (Å²) in [6.45, 7) is 0.210. The van der Waals surface area contributed by atoms with Crippen LogP contribution in [0.25, 0.3) is 0 Å². The number of benzene rings is 1. The molecule has 0 N–H and O–H groups in total. The number of sulfone groups is 1. The topological polar surface area (TPSA) is 80.5 Å². The summed E-state index contributed by atoms with van der Waals surface area (Å²) in [5, 5.41) is 10.9. The fraction of sp³-hybridized carbons (Fsp3) is 0.400. The van der Waals surface area contributed by atoms with E-state index in [-0.39, 0.29) is 18.0 Å². The molecule has 0 bridgehead atoms. The molecule has 0 saturated carbocycles. The van der Waals surface area contributed by atoms with Gasteiger partial charge >= 0.3 is 0 Å². The first-order chi connectivity index (χ1) is 8.20. The van der Waals surface area contributed by atoms with E-state index in [0.717, 1.165) is 6.26 Å². The number of hydrogen-bond donors (Lipinski definition) is 0. The average molecular weight is 337 g/mol. The van der Waals surface area contributed by atoms with Gasteiger partial charge in [0.2, 0.25) is 0 Å². The summed E-state index contributed by atoms with van der Waals surface area (Å²) in [6, 6.07) is 4.66. The lowest BCUT2D eigenvalue weighted by Gasteiger charge is -2.18. The summed E-state index contributed by atoms with van der Waals surface area (Å²) < 4.78 is 22.7. The van der Waals surface area contributed by atoms with Crippen molar-refractivity contribution < 1.29 is 13.3 Å². The van der Waals surface area contributed by atoms with Gasteiger partial charge in [-0.05, 0) is 12.1 Å². The zero-order valence-corrected chi connectivity index (χ0v) is 12.4. The summed E-state index contributed by atoms with van der Waals surface area (Å²) in [4.78, 5) is 12.0. The molecule has 1 aromatic carbocycles. The van der Waals surface area contributed by atoms with Gasteiger partial charge in [0.25, 0.3) is 5.69 Å². The van der Waals surface area contributed by atoms with Crippen molar-refractivity contribution in [3.05, 3.63) is 32.8 Å². The number of nitrogens with zero attached hydrogens (tertiary/aromatic N) is 2. The van der Waals surface area contributed by atoms with Gasteiger partial charge in [0.05, 0.1) is 10.7 Å². The zero-order chi connectivity index (χ0) is 13.9. The van der Waals surface area contributed by atoms with Crippen LogP contribution in [-0.4, -0.2) is 38.9 Å². The second-order valence-electron chi connectivity index (χ2n) is 3.94. The van der Waals surface area contributed by atoms with E-state index >= 15 is 0 Å². The van der Waals surface area contributed by atoms with E-state index < -0.39 is 14.8 Å². The van der Waals surface area contributed by atoms with Crippen LogP contribution in [0.2, 0.25) is 0 Å². The van der Waals surface area contributed by atoms with Gasteiger partial charge in [0.15, 0.2) is 0 Å². The molecular weight excluding hydrogens is 324 g/mol. The van der Waals surface area contributed by atoms with E-state index in [0.29, 0.717) is 10.2 Å². The maximum Gasteiger partial charge on any atom is 0.293 e. The molecule has 0 aliphatic carbocycles. The SMILES string of the molecule is CN(CCS(C)(=O)=O)c1ccc(Br)cc1[N+](=O)[O-]. The molecule has 0 saturated heterocycles. The Balaban J connectivity index is 2.98.